The lowest BCUT2D eigenvalue weighted by molar-refractivity contribution is 0.0391. The summed E-state index contributed by atoms with van der Waals surface area (Å²) in [6.45, 7) is 6.04. The molecule has 2 aliphatic rings. The maximum Gasteiger partial charge on any atom is 0.276 e. The van der Waals surface area contributed by atoms with Gasteiger partial charge >= 0.3 is 0 Å². The number of fused-ring (bicyclic) bond motifs is 1. The van der Waals surface area contributed by atoms with Gasteiger partial charge in [0.2, 0.25) is 0 Å². The van der Waals surface area contributed by atoms with Crippen molar-refractivity contribution in [3.63, 3.8) is 0 Å². The highest BCUT2D eigenvalue weighted by molar-refractivity contribution is 7.11. The molecule has 1 unspecified atom stereocenters. The van der Waals surface area contributed by atoms with Gasteiger partial charge in [-0.1, -0.05) is 13.8 Å². The van der Waals surface area contributed by atoms with Crippen LogP contribution in [0.25, 0.3) is 0 Å². The smallest absolute Gasteiger partial charge is 0.276 e. The van der Waals surface area contributed by atoms with Gasteiger partial charge in [0.25, 0.3) is 16.8 Å². The molecule has 9 nitrogen and oxygen atoms in total. The molecule has 5 rings (SSSR count). The largest absolute Gasteiger partial charge is 0.504 e. The second kappa shape index (κ2) is 7.86. The molecule has 0 saturated carbocycles. The second-order valence-corrected chi connectivity index (χ2v) is 10.7. The number of carbonyl (C=O) groups excluding carboxylic acids is 1. The third-order valence-corrected chi connectivity index (χ3v) is 7.67. The van der Waals surface area contributed by atoms with Crippen molar-refractivity contribution in [2.24, 2.45) is 5.41 Å². The molecule has 11 heteroatoms. The van der Waals surface area contributed by atoms with Crippen LogP contribution >= 0.6 is 11.3 Å². The minimum atomic E-state index is -1.09. The van der Waals surface area contributed by atoms with Gasteiger partial charge < -0.3 is 20.6 Å². The Morgan fingerprint density at radius 3 is 2.68 bits per heavy atom. The van der Waals surface area contributed by atoms with E-state index < -0.39 is 28.7 Å². The van der Waals surface area contributed by atoms with Gasteiger partial charge in [0.15, 0.2) is 11.4 Å². The van der Waals surface area contributed by atoms with Crippen LogP contribution in [0.1, 0.15) is 52.4 Å². The third-order valence-electron chi connectivity index (χ3n) is 6.59. The number of anilines is 3. The van der Waals surface area contributed by atoms with Gasteiger partial charge in [-0.05, 0) is 31.2 Å². The van der Waals surface area contributed by atoms with E-state index in [0.717, 1.165) is 28.4 Å². The summed E-state index contributed by atoms with van der Waals surface area (Å²) in [4.78, 5) is 48.2. The summed E-state index contributed by atoms with van der Waals surface area (Å²) >= 11 is 1.57. The van der Waals surface area contributed by atoms with Crippen molar-refractivity contribution >= 4 is 34.3 Å². The number of amides is 1. The summed E-state index contributed by atoms with van der Waals surface area (Å²) in [6, 6.07) is 1.19. The summed E-state index contributed by atoms with van der Waals surface area (Å²) in [5.74, 6) is -1.07. The van der Waals surface area contributed by atoms with E-state index >= 15 is 0 Å². The highest BCUT2D eigenvalue weighted by Crippen LogP contribution is 2.47. The standard InChI is InChI=1S/C23H24FN5O4S/c1-10-26-13-4-6-23(2,3)21(20(13)34-10)28-15-14(18(31)19(15)32)27-12-5-7-25-16(17(12)30)22(33)29-8-11(24)9-29/h5,7,11,21,28,30H,4,6,8-9H2,1-3H3,(H,25,27). The lowest BCUT2D eigenvalue weighted by Gasteiger charge is -2.39. The summed E-state index contributed by atoms with van der Waals surface area (Å²) in [5, 5.41) is 17.6. The molecular formula is C23H24FN5O4S. The van der Waals surface area contributed by atoms with Crippen molar-refractivity contribution in [1.29, 1.82) is 0 Å². The molecule has 1 amide bonds. The zero-order valence-corrected chi connectivity index (χ0v) is 19.8. The Labute approximate surface area is 198 Å². The SMILES string of the molecule is Cc1nc2c(s1)C(Nc1c(Nc3ccnc(C(=O)N4CC(F)C4)c3O)c(=O)c1=O)C(C)(C)CC2. The van der Waals surface area contributed by atoms with Crippen molar-refractivity contribution < 1.29 is 14.3 Å². The van der Waals surface area contributed by atoms with E-state index in [1.165, 1.54) is 17.2 Å². The van der Waals surface area contributed by atoms with E-state index in [-0.39, 0.29) is 47.3 Å². The van der Waals surface area contributed by atoms with E-state index in [1.54, 1.807) is 11.3 Å². The van der Waals surface area contributed by atoms with Crippen molar-refractivity contribution in [2.45, 2.75) is 45.8 Å². The van der Waals surface area contributed by atoms with Crippen molar-refractivity contribution in [1.82, 2.24) is 14.9 Å². The molecule has 0 radical (unpaired) electrons. The molecule has 1 aliphatic carbocycles. The lowest BCUT2D eigenvalue weighted by atomic mass is 9.74. The maximum absolute atomic E-state index is 13.1. The molecule has 3 heterocycles. The van der Waals surface area contributed by atoms with Gasteiger partial charge in [-0.2, -0.15) is 0 Å². The summed E-state index contributed by atoms with van der Waals surface area (Å²) in [5.41, 5.74) is -0.589. The van der Waals surface area contributed by atoms with Gasteiger partial charge in [-0.15, -0.1) is 11.3 Å². The number of nitrogens with one attached hydrogen (secondary N) is 2. The number of nitrogens with zero attached hydrogens (tertiary/aromatic N) is 3. The van der Waals surface area contributed by atoms with Crippen LogP contribution in [-0.4, -0.2) is 45.1 Å². The van der Waals surface area contributed by atoms with Crippen molar-refractivity contribution in [3.8, 4) is 5.75 Å². The molecule has 1 aromatic carbocycles. The molecule has 1 aliphatic heterocycles. The number of likely N-dealkylation sites (tertiary alicyclic amines) is 1. The molecule has 1 fully saturated rings. The number of hydrogen-bond acceptors (Lipinski definition) is 9. The molecule has 34 heavy (non-hydrogen) atoms. The first-order valence-corrected chi connectivity index (χ1v) is 11.8. The van der Waals surface area contributed by atoms with Gasteiger partial charge in [0.1, 0.15) is 17.5 Å². The minimum Gasteiger partial charge on any atom is -0.504 e. The Morgan fingerprint density at radius 2 is 1.97 bits per heavy atom. The van der Waals surface area contributed by atoms with Crippen LogP contribution < -0.4 is 21.5 Å². The van der Waals surface area contributed by atoms with Crippen LogP contribution in [0.2, 0.25) is 0 Å². The molecule has 2 aromatic heterocycles. The van der Waals surface area contributed by atoms with E-state index in [1.807, 2.05) is 6.92 Å². The minimum absolute atomic E-state index is 0.0156. The van der Waals surface area contributed by atoms with Gasteiger partial charge in [-0.25, -0.2) is 14.4 Å². The normalized spacial score (nSPS) is 19.5. The number of aromatic nitrogens is 2. The predicted octanol–water partition coefficient (Wildman–Crippen LogP) is 2.81. The Morgan fingerprint density at radius 1 is 1.26 bits per heavy atom. The third kappa shape index (κ3) is 3.54. The highest BCUT2D eigenvalue weighted by atomic mass is 32.1. The van der Waals surface area contributed by atoms with E-state index in [2.05, 4.69) is 34.4 Å². The Balaban J connectivity index is 1.44. The van der Waals surface area contributed by atoms with Gasteiger partial charge in [-0.3, -0.25) is 14.4 Å². The fourth-order valence-corrected chi connectivity index (χ4v) is 5.71. The number of carbonyl (C=O) groups is 1. The zero-order valence-electron chi connectivity index (χ0n) is 18.9. The Hall–Kier alpha value is -3.34. The number of hydrogen-bond donors (Lipinski definition) is 3. The number of pyridine rings is 1. The Kier molecular flexibility index (Phi) is 5.19. The van der Waals surface area contributed by atoms with E-state index in [0.29, 0.717) is 0 Å². The lowest BCUT2D eigenvalue weighted by Crippen LogP contribution is -2.51. The molecule has 1 saturated heterocycles. The van der Waals surface area contributed by atoms with Crippen molar-refractivity contribution in [3.05, 3.63) is 54.0 Å². The Bertz CT molecular complexity index is 1370. The number of alkyl halides is 1. The first-order chi connectivity index (χ1) is 16.1. The summed E-state index contributed by atoms with van der Waals surface area (Å²) in [6.07, 6.45) is 1.93. The number of aryl methyl sites for hydroxylation is 2. The van der Waals surface area contributed by atoms with Gasteiger partial charge in [0, 0.05) is 6.20 Å². The predicted molar refractivity (Wildman–Crippen MR) is 127 cm³/mol. The fraction of sp³-hybridized carbons (Fsp3) is 0.435. The molecule has 1 atom stereocenters. The molecule has 0 bridgehead atoms. The van der Waals surface area contributed by atoms with Crippen LogP contribution in [0.15, 0.2) is 21.9 Å². The van der Waals surface area contributed by atoms with Crippen LogP contribution in [-0.2, 0) is 6.42 Å². The maximum atomic E-state index is 13.1. The number of aromatic hydroxyl groups is 1. The van der Waals surface area contributed by atoms with E-state index in [4.69, 9.17) is 0 Å². The summed E-state index contributed by atoms with van der Waals surface area (Å²) in [7, 11) is 0. The van der Waals surface area contributed by atoms with Crippen LogP contribution in [0.4, 0.5) is 21.5 Å². The molecular weight excluding hydrogens is 461 g/mol. The molecule has 0 spiro atoms. The fourth-order valence-electron chi connectivity index (χ4n) is 4.47. The van der Waals surface area contributed by atoms with E-state index in [9.17, 15) is 23.9 Å². The topological polar surface area (TPSA) is 125 Å². The number of halogens is 1. The first-order valence-electron chi connectivity index (χ1n) is 11.0. The van der Waals surface area contributed by atoms with Gasteiger partial charge in [0.05, 0.1) is 40.4 Å². The quantitative estimate of drug-likeness (QED) is 0.471. The average Bonchev–Trinajstić information content (AvgIpc) is 3.15. The monoisotopic (exact) mass is 485 g/mol. The number of rotatable bonds is 5. The van der Waals surface area contributed by atoms with Crippen molar-refractivity contribution in [2.75, 3.05) is 23.7 Å². The van der Waals surface area contributed by atoms with Crippen LogP contribution in [0.5, 0.6) is 5.75 Å². The highest BCUT2D eigenvalue weighted by Gasteiger charge is 2.40. The van der Waals surface area contributed by atoms with Crippen LogP contribution in [0, 0.1) is 12.3 Å². The van der Waals surface area contributed by atoms with Crippen LogP contribution in [0.3, 0.4) is 0 Å². The summed E-state index contributed by atoms with van der Waals surface area (Å²) < 4.78 is 13.1. The molecule has 3 aromatic rings. The number of thiazole rings is 1. The molecule has 3 N–H and O–H groups in total. The zero-order chi connectivity index (χ0) is 24.4. The molecule has 178 valence electrons. The average molecular weight is 486 g/mol. The second-order valence-electron chi connectivity index (χ2n) is 9.51. The first kappa shape index (κ1) is 22.5.